The Morgan fingerprint density at radius 2 is 2.10 bits per heavy atom. The number of hydrogen-bond acceptors (Lipinski definition) is 5. The SMILES string of the molecule is Cc1nc(NCCOc2ccccc2)ncc1C(=O)O. The first-order valence-corrected chi connectivity index (χ1v) is 6.15. The first kappa shape index (κ1) is 13.8. The molecule has 20 heavy (non-hydrogen) atoms. The van der Waals surface area contributed by atoms with Gasteiger partial charge in [-0.1, -0.05) is 18.2 Å². The fraction of sp³-hybridized carbons (Fsp3) is 0.214. The summed E-state index contributed by atoms with van der Waals surface area (Å²) in [6.07, 6.45) is 1.30. The highest BCUT2D eigenvalue weighted by Gasteiger charge is 2.09. The molecule has 0 aliphatic rings. The lowest BCUT2D eigenvalue weighted by Gasteiger charge is -2.08. The molecule has 0 amide bonds. The molecule has 1 aromatic heterocycles. The van der Waals surface area contributed by atoms with E-state index in [2.05, 4.69) is 15.3 Å². The highest BCUT2D eigenvalue weighted by Crippen LogP contribution is 2.09. The van der Waals surface area contributed by atoms with Gasteiger partial charge in [0.25, 0.3) is 0 Å². The van der Waals surface area contributed by atoms with Crippen LogP contribution in [0.5, 0.6) is 5.75 Å². The molecule has 1 heterocycles. The van der Waals surface area contributed by atoms with Crippen LogP contribution in [0.1, 0.15) is 16.1 Å². The average Bonchev–Trinajstić information content (AvgIpc) is 2.44. The van der Waals surface area contributed by atoms with Gasteiger partial charge in [0.1, 0.15) is 12.4 Å². The van der Waals surface area contributed by atoms with Crippen LogP contribution >= 0.6 is 0 Å². The summed E-state index contributed by atoms with van der Waals surface area (Å²) < 4.78 is 5.51. The third-order valence-electron chi connectivity index (χ3n) is 2.61. The molecule has 6 heteroatoms. The highest BCUT2D eigenvalue weighted by atomic mass is 16.5. The standard InChI is InChI=1S/C14H15N3O3/c1-10-12(13(18)19)9-16-14(17-10)15-7-8-20-11-5-3-2-4-6-11/h2-6,9H,7-8H2,1H3,(H,18,19)(H,15,16,17). The van der Waals surface area contributed by atoms with E-state index >= 15 is 0 Å². The van der Waals surface area contributed by atoms with Gasteiger partial charge in [-0.2, -0.15) is 0 Å². The maximum absolute atomic E-state index is 10.8. The van der Waals surface area contributed by atoms with Gasteiger partial charge in [0, 0.05) is 6.20 Å². The van der Waals surface area contributed by atoms with Gasteiger partial charge < -0.3 is 15.2 Å². The zero-order valence-electron chi connectivity index (χ0n) is 11.0. The van der Waals surface area contributed by atoms with Crippen LogP contribution in [-0.4, -0.2) is 34.2 Å². The van der Waals surface area contributed by atoms with E-state index in [4.69, 9.17) is 9.84 Å². The minimum absolute atomic E-state index is 0.107. The zero-order valence-corrected chi connectivity index (χ0v) is 11.0. The van der Waals surface area contributed by atoms with Crippen molar-refractivity contribution in [3.05, 3.63) is 47.8 Å². The topological polar surface area (TPSA) is 84.3 Å². The lowest BCUT2D eigenvalue weighted by molar-refractivity contribution is 0.0695. The number of nitrogens with one attached hydrogen (secondary N) is 1. The number of nitrogens with zero attached hydrogens (tertiary/aromatic N) is 2. The van der Waals surface area contributed by atoms with Crippen LogP contribution in [0.15, 0.2) is 36.5 Å². The number of ether oxygens (including phenoxy) is 1. The number of hydrogen-bond donors (Lipinski definition) is 2. The Hall–Kier alpha value is -2.63. The fourth-order valence-electron chi connectivity index (χ4n) is 1.61. The van der Waals surface area contributed by atoms with E-state index in [1.165, 1.54) is 6.20 Å². The highest BCUT2D eigenvalue weighted by molar-refractivity contribution is 5.88. The number of carboxylic acid groups (broad SMARTS) is 1. The normalized spacial score (nSPS) is 10.1. The molecule has 2 N–H and O–H groups in total. The van der Waals surface area contributed by atoms with Gasteiger partial charge in [0.05, 0.1) is 17.8 Å². The predicted octanol–water partition coefficient (Wildman–Crippen LogP) is 1.97. The van der Waals surface area contributed by atoms with Crippen LogP contribution in [0, 0.1) is 6.92 Å². The minimum atomic E-state index is -1.03. The number of rotatable bonds is 6. The summed E-state index contributed by atoms with van der Waals surface area (Å²) in [5.41, 5.74) is 0.537. The summed E-state index contributed by atoms with van der Waals surface area (Å²) in [4.78, 5) is 18.9. The number of para-hydroxylation sites is 1. The Morgan fingerprint density at radius 3 is 2.75 bits per heavy atom. The molecule has 0 atom stereocenters. The second kappa shape index (κ2) is 6.51. The second-order valence-electron chi connectivity index (χ2n) is 4.09. The number of aromatic nitrogens is 2. The first-order valence-electron chi connectivity index (χ1n) is 6.15. The summed E-state index contributed by atoms with van der Waals surface area (Å²) in [7, 11) is 0. The molecule has 0 saturated heterocycles. The molecule has 2 aromatic rings. The molecule has 0 fully saturated rings. The third-order valence-corrected chi connectivity index (χ3v) is 2.61. The number of benzene rings is 1. The average molecular weight is 273 g/mol. The smallest absolute Gasteiger partial charge is 0.339 e. The third kappa shape index (κ3) is 3.68. The Bertz CT molecular complexity index is 587. The molecule has 0 radical (unpaired) electrons. The number of aryl methyl sites for hydroxylation is 1. The van der Waals surface area contributed by atoms with E-state index in [0.29, 0.717) is 24.8 Å². The molecule has 6 nitrogen and oxygen atoms in total. The van der Waals surface area contributed by atoms with Crippen LogP contribution in [0.25, 0.3) is 0 Å². The van der Waals surface area contributed by atoms with E-state index in [1.807, 2.05) is 30.3 Å². The minimum Gasteiger partial charge on any atom is -0.492 e. The van der Waals surface area contributed by atoms with E-state index in [9.17, 15) is 4.79 Å². The van der Waals surface area contributed by atoms with Gasteiger partial charge in [0.2, 0.25) is 5.95 Å². The number of anilines is 1. The van der Waals surface area contributed by atoms with Crippen LogP contribution in [0.2, 0.25) is 0 Å². The Morgan fingerprint density at radius 1 is 1.35 bits per heavy atom. The summed E-state index contributed by atoms with van der Waals surface area (Å²) >= 11 is 0. The van der Waals surface area contributed by atoms with Gasteiger partial charge in [-0.25, -0.2) is 14.8 Å². The molecule has 0 spiro atoms. The summed E-state index contributed by atoms with van der Waals surface area (Å²) in [6.45, 7) is 2.63. The van der Waals surface area contributed by atoms with Crippen molar-refractivity contribution in [1.29, 1.82) is 0 Å². The molecule has 0 aliphatic carbocycles. The summed E-state index contributed by atoms with van der Waals surface area (Å²) in [6, 6.07) is 9.48. The van der Waals surface area contributed by atoms with Crippen LogP contribution in [0.4, 0.5) is 5.95 Å². The quantitative estimate of drug-likeness (QED) is 0.783. The van der Waals surface area contributed by atoms with Gasteiger partial charge in [0.15, 0.2) is 0 Å². The van der Waals surface area contributed by atoms with Gasteiger partial charge in [-0.15, -0.1) is 0 Å². The summed E-state index contributed by atoms with van der Waals surface area (Å²) in [5.74, 6) is 0.165. The molecule has 0 unspecified atom stereocenters. The van der Waals surface area contributed by atoms with Crippen LogP contribution in [0.3, 0.4) is 0 Å². The first-order chi connectivity index (χ1) is 9.66. The van der Waals surface area contributed by atoms with Crippen LogP contribution in [-0.2, 0) is 0 Å². The van der Waals surface area contributed by atoms with Crippen molar-refractivity contribution in [3.8, 4) is 5.75 Å². The molecule has 2 rings (SSSR count). The Balaban J connectivity index is 1.83. The number of aromatic carboxylic acids is 1. The summed E-state index contributed by atoms with van der Waals surface area (Å²) in [5, 5.41) is 11.9. The van der Waals surface area contributed by atoms with E-state index in [0.717, 1.165) is 5.75 Å². The van der Waals surface area contributed by atoms with Crippen molar-refractivity contribution >= 4 is 11.9 Å². The van der Waals surface area contributed by atoms with Crippen molar-refractivity contribution in [3.63, 3.8) is 0 Å². The van der Waals surface area contributed by atoms with Crippen molar-refractivity contribution in [2.45, 2.75) is 6.92 Å². The molecule has 104 valence electrons. The number of carboxylic acids is 1. The number of carbonyl (C=O) groups is 1. The Kier molecular flexibility index (Phi) is 4.49. The van der Waals surface area contributed by atoms with Crippen molar-refractivity contribution in [1.82, 2.24) is 9.97 Å². The molecule has 0 bridgehead atoms. The van der Waals surface area contributed by atoms with Crippen LogP contribution < -0.4 is 10.1 Å². The Labute approximate surface area is 116 Å². The van der Waals surface area contributed by atoms with E-state index in [-0.39, 0.29) is 5.56 Å². The largest absolute Gasteiger partial charge is 0.492 e. The lowest BCUT2D eigenvalue weighted by atomic mass is 10.2. The monoisotopic (exact) mass is 273 g/mol. The maximum atomic E-state index is 10.8. The zero-order chi connectivity index (χ0) is 14.4. The van der Waals surface area contributed by atoms with Crippen molar-refractivity contribution < 1.29 is 14.6 Å². The van der Waals surface area contributed by atoms with E-state index in [1.54, 1.807) is 6.92 Å². The lowest BCUT2D eigenvalue weighted by Crippen LogP contribution is -2.14. The van der Waals surface area contributed by atoms with Gasteiger partial charge in [-0.05, 0) is 19.1 Å². The van der Waals surface area contributed by atoms with Crippen molar-refractivity contribution in [2.24, 2.45) is 0 Å². The molecular formula is C14H15N3O3. The molecule has 0 aliphatic heterocycles. The molecule has 1 aromatic carbocycles. The second-order valence-corrected chi connectivity index (χ2v) is 4.09. The maximum Gasteiger partial charge on any atom is 0.339 e. The molecule has 0 saturated carbocycles. The van der Waals surface area contributed by atoms with Gasteiger partial charge >= 0.3 is 5.97 Å². The van der Waals surface area contributed by atoms with E-state index < -0.39 is 5.97 Å². The van der Waals surface area contributed by atoms with Gasteiger partial charge in [-0.3, -0.25) is 0 Å². The molecular weight excluding hydrogens is 258 g/mol. The predicted molar refractivity (Wildman–Crippen MR) is 74.2 cm³/mol. The fourth-order valence-corrected chi connectivity index (χ4v) is 1.61. The van der Waals surface area contributed by atoms with Crippen molar-refractivity contribution in [2.75, 3.05) is 18.5 Å².